The fourth-order valence-electron chi connectivity index (χ4n) is 4.95. The van der Waals surface area contributed by atoms with Gasteiger partial charge in [0.1, 0.15) is 5.37 Å². The Morgan fingerprint density at radius 2 is 1.60 bits per heavy atom. The van der Waals surface area contributed by atoms with Gasteiger partial charge in [-0.15, -0.1) is 11.8 Å². The van der Waals surface area contributed by atoms with Gasteiger partial charge in [-0.3, -0.25) is 9.59 Å². The maximum Gasteiger partial charge on any atom is 0.251 e. The second-order valence-electron chi connectivity index (χ2n) is 9.23. The summed E-state index contributed by atoms with van der Waals surface area (Å²) in [7, 11) is 0. The molecule has 1 N–H and O–H groups in total. The number of amides is 2. The van der Waals surface area contributed by atoms with Crippen molar-refractivity contribution >= 4 is 23.6 Å². The minimum absolute atomic E-state index is 0.0385. The van der Waals surface area contributed by atoms with Gasteiger partial charge in [0, 0.05) is 37.3 Å². The van der Waals surface area contributed by atoms with E-state index in [1.54, 1.807) is 11.8 Å². The molecule has 2 heterocycles. The van der Waals surface area contributed by atoms with Crippen LogP contribution in [0.1, 0.15) is 45.3 Å². The third kappa shape index (κ3) is 5.29. The van der Waals surface area contributed by atoms with Crippen LogP contribution >= 0.6 is 11.8 Å². The van der Waals surface area contributed by atoms with Crippen LogP contribution < -0.4 is 5.32 Å². The van der Waals surface area contributed by atoms with E-state index in [1.165, 1.54) is 5.56 Å². The average molecular weight is 487 g/mol. The number of carbonyl (C=O) groups excluding carboxylic acids is 2. The molecule has 35 heavy (non-hydrogen) atoms. The van der Waals surface area contributed by atoms with E-state index < -0.39 is 0 Å². The van der Waals surface area contributed by atoms with Crippen molar-refractivity contribution in [3.63, 3.8) is 0 Å². The predicted octanol–water partition coefficient (Wildman–Crippen LogP) is 4.94. The van der Waals surface area contributed by atoms with E-state index in [4.69, 9.17) is 4.74 Å². The van der Waals surface area contributed by atoms with E-state index >= 15 is 0 Å². The molecule has 2 saturated heterocycles. The summed E-state index contributed by atoms with van der Waals surface area (Å²) in [5.74, 6) is 0.549. The highest BCUT2D eigenvalue weighted by atomic mass is 32.2. The van der Waals surface area contributed by atoms with E-state index in [1.807, 2.05) is 65.6 Å². The monoisotopic (exact) mass is 486 g/mol. The largest absolute Gasteiger partial charge is 0.381 e. The Hall–Kier alpha value is -3.09. The first-order valence-corrected chi connectivity index (χ1v) is 13.2. The Morgan fingerprint density at radius 3 is 2.29 bits per heavy atom. The minimum atomic E-state index is -0.103. The lowest BCUT2D eigenvalue weighted by molar-refractivity contribution is -0.128. The molecule has 0 radical (unpaired) electrons. The molecule has 1 unspecified atom stereocenters. The molecule has 5 nitrogen and oxygen atoms in total. The second-order valence-corrected chi connectivity index (χ2v) is 10.3. The highest BCUT2D eigenvalue weighted by Crippen LogP contribution is 2.39. The zero-order chi connectivity index (χ0) is 24.1. The maximum atomic E-state index is 13.0. The van der Waals surface area contributed by atoms with Gasteiger partial charge in [0.05, 0.1) is 5.75 Å². The maximum absolute atomic E-state index is 13.0. The third-order valence-electron chi connectivity index (χ3n) is 7.05. The SMILES string of the molecule is O=C(NCC1(c2ccccc2)CCOCC1)c1ccc(C2SCC(=O)N2Cc2ccccc2)cc1. The standard InChI is InChI=1S/C29H30N2O3S/c32-26-20-35-28(31(26)19-22-7-3-1-4-8-22)24-13-11-23(12-14-24)27(33)30-21-29(15-17-34-18-16-29)25-9-5-2-6-10-25/h1-14,28H,15-21H2,(H,30,33). The highest BCUT2D eigenvalue weighted by molar-refractivity contribution is 8.00. The fraction of sp³-hybridized carbons (Fsp3) is 0.310. The summed E-state index contributed by atoms with van der Waals surface area (Å²) in [5.41, 5.74) is 3.94. The number of nitrogens with zero attached hydrogens (tertiary/aromatic N) is 1. The van der Waals surface area contributed by atoms with Crippen LogP contribution in [-0.2, 0) is 21.5 Å². The van der Waals surface area contributed by atoms with E-state index in [9.17, 15) is 9.59 Å². The first-order valence-electron chi connectivity index (χ1n) is 12.1. The van der Waals surface area contributed by atoms with Gasteiger partial charge in [-0.1, -0.05) is 72.8 Å². The van der Waals surface area contributed by atoms with Crippen LogP contribution in [0.2, 0.25) is 0 Å². The molecule has 2 aliphatic rings. The lowest BCUT2D eigenvalue weighted by atomic mass is 9.74. The molecular formula is C29H30N2O3S. The second kappa shape index (κ2) is 10.7. The van der Waals surface area contributed by atoms with Crippen LogP contribution in [0.15, 0.2) is 84.9 Å². The molecule has 5 rings (SSSR count). The Kier molecular flexibility index (Phi) is 7.21. The van der Waals surface area contributed by atoms with Gasteiger partial charge >= 0.3 is 0 Å². The minimum Gasteiger partial charge on any atom is -0.381 e. The van der Waals surface area contributed by atoms with Crippen molar-refractivity contribution in [3.8, 4) is 0 Å². The average Bonchev–Trinajstić information content (AvgIpc) is 3.28. The zero-order valence-corrected chi connectivity index (χ0v) is 20.5. The van der Waals surface area contributed by atoms with Crippen molar-refractivity contribution in [1.82, 2.24) is 10.2 Å². The molecule has 0 aliphatic carbocycles. The van der Waals surface area contributed by atoms with Gasteiger partial charge in [-0.25, -0.2) is 0 Å². The van der Waals surface area contributed by atoms with Crippen LogP contribution in [0, 0.1) is 0 Å². The molecule has 180 valence electrons. The van der Waals surface area contributed by atoms with Crippen LogP contribution in [0.3, 0.4) is 0 Å². The number of benzene rings is 3. The predicted molar refractivity (Wildman–Crippen MR) is 139 cm³/mol. The number of rotatable bonds is 7. The Balaban J connectivity index is 1.26. The Morgan fingerprint density at radius 1 is 0.943 bits per heavy atom. The summed E-state index contributed by atoms with van der Waals surface area (Å²) in [6.45, 7) is 2.58. The van der Waals surface area contributed by atoms with Gasteiger partial charge in [-0.05, 0) is 41.7 Å². The van der Waals surface area contributed by atoms with Gasteiger partial charge < -0.3 is 15.0 Å². The zero-order valence-electron chi connectivity index (χ0n) is 19.7. The van der Waals surface area contributed by atoms with E-state index in [2.05, 4.69) is 29.6 Å². The normalized spacial score (nSPS) is 19.5. The van der Waals surface area contributed by atoms with Crippen LogP contribution in [0.4, 0.5) is 0 Å². The number of carbonyl (C=O) groups is 2. The van der Waals surface area contributed by atoms with Crippen molar-refractivity contribution in [2.45, 2.75) is 30.2 Å². The molecule has 3 aromatic carbocycles. The van der Waals surface area contributed by atoms with Gasteiger partial charge in [0.25, 0.3) is 5.91 Å². The van der Waals surface area contributed by atoms with Gasteiger partial charge in [-0.2, -0.15) is 0 Å². The third-order valence-corrected chi connectivity index (χ3v) is 8.30. The Labute approximate surface area is 210 Å². The van der Waals surface area contributed by atoms with Gasteiger partial charge in [0.15, 0.2) is 0 Å². The number of nitrogens with one attached hydrogen (secondary N) is 1. The summed E-state index contributed by atoms with van der Waals surface area (Å²) >= 11 is 1.64. The lowest BCUT2D eigenvalue weighted by Crippen LogP contribution is -2.44. The van der Waals surface area contributed by atoms with Crippen molar-refractivity contribution in [2.75, 3.05) is 25.5 Å². The Bertz CT molecular complexity index is 1150. The molecular weight excluding hydrogens is 456 g/mol. The van der Waals surface area contributed by atoms with Crippen molar-refractivity contribution in [2.24, 2.45) is 0 Å². The quantitative estimate of drug-likeness (QED) is 0.514. The summed E-state index contributed by atoms with van der Waals surface area (Å²) in [6, 6.07) is 28.2. The summed E-state index contributed by atoms with van der Waals surface area (Å²) < 4.78 is 5.61. The first-order chi connectivity index (χ1) is 17.1. The van der Waals surface area contributed by atoms with Crippen molar-refractivity contribution < 1.29 is 14.3 Å². The molecule has 2 aliphatic heterocycles. The molecule has 0 spiro atoms. The molecule has 6 heteroatoms. The molecule has 2 fully saturated rings. The number of hydrogen-bond acceptors (Lipinski definition) is 4. The lowest BCUT2D eigenvalue weighted by Gasteiger charge is -2.38. The van der Waals surface area contributed by atoms with Crippen molar-refractivity contribution in [3.05, 3.63) is 107 Å². The topological polar surface area (TPSA) is 58.6 Å². The first kappa shape index (κ1) is 23.6. The molecule has 0 saturated carbocycles. The van der Waals surface area contributed by atoms with Crippen molar-refractivity contribution in [1.29, 1.82) is 0 Å². The van der Waals surface area contributed by atoms with Crippen LogP contribution in [-0.4, -0.2) is 42.2 Å². The highest BCUT2D eigenvalue weighted by Gasteiger charge is 2.35. The smallest absolute Gasteiger partial charge is 0.251 e. The number of thioether (sulfide) groups is 1. The molecule has 2 amide bonds. The van der Waals surface area contributed by atoms with Gasteiger partial charge in [0.2, 0.25) is 5.91 Å². The summed E-state index contributed by atoms with van der Waals surface area (Å²) in [6.07, 6.45) is 1.78. The van der Waals surface area contributed by atoms with Crippen LogP contribution in [0.25, 0.3) is 0 Å². The molecule has 1 atom stereocenters. The molecule has 0 aromatic heterocycles. The summed E-state index contributed by atoms with van der Waals surface area (Å²) in [5, 5.41) is 3.14. The molecule has 3 aromatic rings. The van der Waals surface area contributed by atoms with E-state index in [0.717, 1.165) is 24.0 Å². The van der Waals surface area contributed by atoms with Crippen LogP contribution in [0.5, 0.6) is 0 Å². The van der Waals surface area contributed by atoms with E-state index in [-0.39, 0.29) is 22.6 Å². The summed E-state index contributed by atoms with van der Waals surface area (Å²) in [4.78, 5) is 27.5. The number of hydrogen-bond donors (Lipinski definition) is 1. The molecule has 0 bridgehead atoms. The fourth-order valence-corrected chi connectivity index (χ4v) is 6.14. The number of ether oxygens (including phenoxy) is 1. The van der Waals surface area contributed by atoms with E-state index in [0.29, 0.717) is 37.6 Å².